The van der Waals surface area contributed by atoms with E-state index in [2.05, 4.69) is 23.8 Å². The zero-order chi connectivity index (χ0) is 9.68. The largest absolute Gasteiger partial charge is 0.383 e. The summed E-state index contributed by atoms with van der Waals surface area (Å²) < 4.78 is 7.10. The minimum absolute atomic E-state index is 0.170. The molecule has 0 radical (unpaired) electrons. The van der Waals surface area contributed by atoms with Crippen molar-refractivity contribution in [2.45, 2.75) is 25.9 Å². The van der Waals surface area contributed by atoms with Gasteiger partial charge < -0.3 is 15.0 Å². The lowest BCUT2D eigenvalue weighted by molar-refractivity contribution is 0.187. The van der Waals surface area contributed by atoms with Gasteiger partial charge in [-0.15, -0.1) is 0 Å². The Hall–Kier alpha value is -0.800. The number of nitrogens with zero attached hydrogens (tertiary/aromatic N) is 1. The molecule has 1 unspecified atom stereocenters. The van der Waals surface area contributed by atoms with Crippen molar-refractivity contribution in [1.29, 1.82) is 0 Å². The predicted octanol–water partition coefficient (Wildman–Crippen LogP) is 1.54. The van der Waals surface area contributed by atoms with E-state index in [1.54, 1.807) is 7.11 Å². The van der Waals surface area contributed by atoms with Gasteiger partial charge in [-0.3, -0.25) is 0 Å². The number of ether oxygens (including phenoxy) is 1. The van der Waals surface area contributed by atoms with Gasteiger partial charge in [0.05, 0.1) is 6.61 Å². The Morgan fingerprint density at radius 2 is 2.38 bits per heavy atom. The van der Waals surface area contributed by atoms with Gasteiger partial charge in [-0.2, -0.15) is 0 Å². The standard InChI is InChI=1S/C10H18N2O/c1-3-10(11)9-4-5-12(8-9)6-7-13-2/h4-5,8,10H,3,6-7,11H2,1-2H3. The highest BCUT2D eigenvalue weighted by atomic mass is 16.5. The van der Waals surface area contributed by atoms with E-state index in [0.29, 0.717) is 0 Å². The molecule has 3 nitrogen and oxygen atoms in total. The molecule has 13 heavy (non-hydrogen) atoms. The van der Waals surface area contributed by atoms with Crippen LogP contribution >= 0.6 is 0 Å². The highest BCUT2D eigenvalue weighted by Crippen LogP contribution is 2.13. The van der Waals surface area contributed by atoms with E-state index in [4.69, 9.17) is 10.5 Å². The number of rotatable bonds is 5. The van der Waals surface area contributed by atoms with Gasteiger partial charge in [0.25, 0.3) is 0 Å². The van der Waals surface area contributed by atoms with Gasteiger partial charge in [0.1, 0.15) is 0 Å². The van der Waals surface area contributed by atoms with Gasteiger partial charge in [0.2, 0.25) is 0 Å². The smallest absolute Gasteiger partial charge is 0.0641 e. The van der Waals surface area contributed by atoms with E-state index in [9.17, 15) is 0 Å². The van der Waals surface area contributed by atoms with Crippen LogP contribution in [-0.4, -0.2) is 18.3 Å². The average Bonchev–Trinajstić information content (AvgIpc) is 2.62. The van der Waals surface area contributed by atoms with Gasteiger partial charge >= 0.3 is 0 Å². The van der Waals surface area contributed by atoms with Crippen LogP contribution in [0.15, 0.2) is 18.5 Å². The zero-order valence-corrected chi connectivity index (χ0v) is 8.36. The molecule has 0 fully saturated rings. The minimum Gasteiger partial charge on any atom is -0.383 e. The summed E-state index contributed by atoms with van der Waals surface area (Å²) in [6.45, 7) is 3.74. The van der Waals surface area contributed by atoms with Crippen molar-refractivity contribution in [2.24, 2.45) is 5.73 Å². The third-order valence-corrected chi connectivity index (χ3v) is 2.19. The molecule has 0 bridgehead atoms. The third kappa shape index (κ3) is 2.86. The Kier molecular flexibility index (Phi) is 3.99. The molecule has 0 aliphatic heterocycles. The van der Waals surface area contributed by atoms with Crippen LogP contribution < -0.4 is 5.73 Å². The Bertz CT molecular complexity index is 245. The Balaban J connectivity index is 2.53. The normalized spacial score (nSPS) is 13.2. The SMILES string of the molecule is CCC(N)c1ccn(CCOC)c1. The van der Waals surface area contributed by atoms with E-state index >= 15 is 0 Å². The van der Waals surface area contributed by atoms with Gasteiger partial charge in [0.15, 0.2) is 0 Å². The van der Waals surface area contributed by atoms with E-state index in [1.807, 2.05) is 6.20 Å². The number of methoxy groups -OCH3 is 1. The Morgan fingerprint density at radius 1 is 1.62 bits per heavy atom. The van der Waals surface area contributed by atoms with Crippen molar-refractivity contribution in [3.63, 3.8) is 0 Å². The molecule has 0 spiro atoms. The molecule has 1 rings (SSSR count). The molecule has 2 N–H and O–H groups in total. The lowest BCUT2D eigenvalue weighted by atomic mass is 10.1. The Labute approximate surface area is 79.5 Å². The summed E-state index contributed by atoms with van der Waals surface area (Å²) in [6, 6.07) is 2.24. The molecule has 1 heterocycles. The molecular weight excluding hydrogens is 164 g/mol. The van der Waals surface area contributed by atoms with Crippen molar-refractivity contribution in [3.05, 3.63) is 24.0 Å². The molecule has 3 heteroatoms. The van der Waals surface area contributed by atoms with Gasteiger partial charge in [-0.25, -0.2) is 0 Å². The second kappa shape index (κ2) is 5.04. The first-order valence-corrected chi connectivity index (χ1v) is 4.68. The second-order valence-electron chi connectivity index (χ2n) is 3.19. The molecule has 0 saturated heterocycles. The molecule has 1 aromatic heterocycles. The molecule has 1 aromatic rings. The quantitative estimate of drug-likeness (QED) is 0.750. The number of hydrogen-bond donors (Lipinski definition) is 1. The van der Waals surface area contributed by atoms with Crippen LogP contribution in [0.5, 0.6) is 0 Å². The fourth-order valence-electron chi connectivity index (χ4n) is 1.25. The molecule has 0 aliphatic rings. The van der Waals surface area contributed by atoms with Crippen molar-refractivity contribution in [2.75, 3.05) is 13.7 Å². The second-order valence-corrected chi connectivity index (χ2v) is 3.19. The van der Waals surface area contributed by atoms with Crippen LogP contribution in [0.1, 0.15) is 24.9 Å². The third-order valence-electron chi connectivity index (χ3n) is 2.19. The zero-order valence-electron chi connectivity index (χ0n) is 8.36. The lowest BCUT2D eigenvalue weighted by Gasteiger charge is -2.05. The Morgan fingerprint density at radius 3 is 3.00 bits per heavy atom. The van der Waals surface area contributed by atoms with Crippen molar-refractivity contribution >= 4 is 0 Å². The van der Waals surface area contributed by atoms with E-state index in [-0.39, 0.29) is 6.04 Å². The number of aromatic nitrogens is 1. The summed E-state index contributed by atoms with van der Waals surface area (Å²) in [5.41, 5.74) is 7.10. The summed E-state index contributed by atoms with van der Waals surface area (Å²) in [5.74, 6) is 0. The summed E-state index contributed by atoms with van der Waals surface area (Å²) in [6.07, 6.45) is 5.12. The van der Waals surface area contributed by atoms with Gasteiger partial charge in [0, 0.05) is 32.1 Å². The van der Waals surface area contributed by atoms with Crippen LogP contribution in [0.3, 0.4) is 0 Å². The maximum Gasteiger partial charge on any atom is 0.0641 e. The first kappa shape index (κ1) is 10.3. The molecule has 74 valence electrons. The fraction of sp³-hybridized carbons (Fsp3) is 0.600. The lowest BCUT2D eigenvalue weighted by Crippen LogP contribution is -2.08. The summed E-state index contributed by atoms with van der Waals surface area (Å²) in [5, 5.41) is 0. The molecule has 0 aromatic carbocycles. The van der Waals surface area contributed by atoms with E-state index < -0.39 is 0 Å². The first-order valence-electron chi connectivity index (χ1n) is 4.68. The topological polar surface area (TPSA) is 40.2 Å². The molecular formula is C10H18N2O. The molecule has 0 saturated carbocycles. The monoisotopic (exact) mass is 182 g/mol. The van der Waals surface area contributed by atoms with Gasteiger partial charge in [-0.1, -0.05) is 6.92 Å². The maximum absolute atomic E-state index is 5.89. The van der Waals surface area contributed by atoms with Crippen molar-refractivity contribution in [1.82, 2.24) is 4.57 Å². The predicted molar refractivity (Wildman–Crippen MR) is 53.5 cm³/mol. The minimum atomic E-state index is 0.170. The highest BCUT2D eigenvalue weighted by Gasteiger charge is 2.03. The van der Waals surface area contributed by atoms with Crippen LogP contribution in [0.2, 0.25) is 0 Å². The summed E-state index contributed by atoms with van der Waals surface area (Å²) >= 11 is 0. The average molecular weight is 182 g/mol. The number of hydrogen-bond acceptors (Lipinski definition) is 2. The van der Waals surface area contributed by atoms with Crippen molar-refractivity contribution in [3.8, 4) is 0 Å². The van der Waals surface area contributed by atoms with Crippen LogP contribution in [0, 0.1) is 0 Å². The first-order chi connectivity index (χ1) is 6.27. The summed E-state index contributed by atoms with van der Waals surface area (Å²) in [4.78, 5) is 0. The molecule has 1 atom stereocenters. The fourth-order valence-corrected chi connectivity index (χ4v) is 1.25. The van der Waals surface area contributed by atoms with E-state index in [1.165, 1.54) is 5.56 Å². The molecule has 0 aliphatic carbocycles. The van der Waals surface area contributed by atoms with Crippen LogP contribution in [0.4, 0.5) is 0 Å². The van der Waals surface area contributed by atoms with E-state index in [0.717, 1.165) is 19.6 Å². The maximum atomic E-state index is 5.89. The van der Waals surface area contributed by atoms with Crippen LogP contribution in [-0.2, 0) is 11.3 Å². The number of nitrogens with two attached hydrogens (primary N) is 1. The van der Waals surface area contributed by atoms with Crippen LogP contribution in [0.25, 0.3) is 0 Å². The highest BCUT2D eigenvalue weighted by molar-refractivity contribution is 5.14. The van der Waals surface area contributed by atoms with Crippen molar-refractivity contribution < 1.29 is 4.74 Å². The molecule has 0 amide bonds. The summed E-state index contributed by atoms with van der Waals surface area (Å²) in [7, 11) is 1.71. The van der Waals surface area contributed by atoms with Gasteiger partial charge in [-0.05, 0) is 18.1 Å².